The number of rotatable bonds is 5. The second-order valence-corrected chi connectivity index (χ2v) is 7.70. The molecule has 0 radical (unpaired) electrons. The Morgan fingerprint density at radius 1 is 1.11 bits per heavy atom. The van der Waals surface area contributed by atoms with Gasteiger partial charge in [0.1, 0.15) is 11.9 Å². The van der Waals surface area contributed by atoms with Gasteiger partial charge in [0.25, 0.3) is 0 Å². The number of nitrogens with one attached hydrogen (secondary N) is 1. The minimum atomic E-state index is -0.0844. The molecular weight excluding hydrogens is 350 g/mol. The Bertz CT molecular complexity index is 1020. The van der Waals surface area contributed by atoms with Gasteiger partial charge in [0.2, 0.25) is 5.56 Å². The van der Waals surface area contributed by atoms with Gasteiger partial charge in [-0.15, -0.1) is 0 Å². The third-order valence-electron chi connectivity index (χ3n) is 6.10. The van der Waals surface area contributed by atoms with Crippen molar-refractivity contribution in [3.63, 3.8) is 0 Å². The summed E-state index contributed by atoms with van der Waals surface area (Å²) in [5.41, 5.74) is 3.38. The summed E-state index contributed by atoms with van der Waals surface area (Å²) in [5.74, 6) is 0.894. The number of hydrogen-bond acceptors (Lipinski definition) is 3. The molecule has 1 unspecified atom stereocenters. The van der Waals surface area contributed by atoms with Crippen molar-refractivity contribution in [1.82, 2.24) is 4.98 Å². The highest BCUT2D eigenvalue weighted by Gasteiger charge is 2.32. The molecule has 0 bridgehead atoms. The van der Waals surface area contributed by atoms with Gasteiger partial charge < -0.3 is 14.5 Å². The maximum atomic E-state index is 11.5. The molecule has 1 aliphatic heterocycles. The third-order valence-corrected chi connectivity index (χ3v) is 6.10. The van der Waals surface area contributed by atoms with E-state index in [9.17, 15) is 4.79 Å². The zero-order valence-corrected chi connectivity index (χ0v) is 16.5. The zero-order valence-electron chi connectivity index (χ0n) is 16.5. The molecule has 1 fully saturated rings. The molecule has 0 aliphatic carbocycles. The molecule has 4 rings (SSSR count). The molecule has 4 heteroatoms. The van der Waals surface area contributed by atoms with Crippen LogP contribution in [0.15, 0.2) is 59.4 Å². The molecule has 1 saturated heterocycles. The summed E-state index contributed by atoms with van der Waals surface area (Å²) in [7, 11) is 0. The summed E-state index contributed by atoms with van der Waals surface area (Å²) >= 11 is 0. The second kappa shape index (κ2) is 7.80. The van der Waals surface area contributed by atoms with Gasteiger partial charge in [-0.05, 0) is 78.4 Å². The van der Waals surface area contributed by atoms with Crippen molar-refractivity contribution in [2.24, 2.45) is 0 Å². The Morgan fingerprint density at radius 2 is 1.93 bits per heavy atom. The number of aromatic amines is 1. The van der Waals surface area contributed by atoms with Crippen molar-refractivity contribution in [3.05, 3.63) is 76.1 Å². The van der Waals surface area contributed by atoms with E-state index in [4.69, 9.17) is 9.47 Å². The minimum Gasteiger partial charge on any atom is -0.486 e. The van der Waals surface area contributed by atoms with Crippen LogP contribution in [0.5, 0.6) is 5.75 Å². The molecule has 1 aliphatic rings. The smallest absolute Gasteiger partial charge is 0.248 e. The van der Waals surface area contributed by atoms with Crippen molar-refractivity contribution in [2.45, 2.75) is 44.6 Å². The van der Waals surface area contributed by atoms with Crippen molar-refractivity contribution in [3.8, 4) is 5.75 Å². The van der Waals surface area contributed by atoms with Gasteiger partial charge in [0.05, 0.1) is 0 Å². The lowest BCUT2D eigenvalue weighted by atomic mass is 9.72. The van der Waals surface area contributed by atoms with Gasteiger partial charge in [-0.3, -0.25) is 4.79 Å². The van der Waals surface area contributed by atoms with Gasteiger partial charge in [-0.1, -0.05) is 25.1 Å². The Morgan fingerprint density at radius 3 is 2.71 bits per heavy atom. The first kappa shape index (κ1) is 18.8. The maximum Gasteiger partial charge on any atom is 0.248 e. The Balaban J connectivity index is 1.57. The molecule has 146 valence electrons. The van der Waals surface area contributed by atoms with Crippen molar-refractivity contribution < 1.29 is 9.47 Å². The predicted molar refractivity (Wildman–Crippen MR) is 112 cm³/mol. The first-order valence-corrected chi connectivity index (χ1v) is 10.1. The molecule has 0 spiro atoms. The van der Waals surface area contributed by atoms with Crippen LogP contribution in [0.3, 0.4) is 0 Å². The highest BCUT2D eigenvalue weighted by atomic mass is 16.5. The molecule has 1 atom stereocenters. The molecule has 0 amide bonds. The van der Waals surface area contributed by atoms with Gasteiger partial charge >= 0.3 is 0 Å². The summed E-state index contributed by atoms with van der Waals surface area (Å²) in [5, 5.41) is 1.01. The fraction of sp³-hybridized carbons (Fsp3) is 0.375. The highest BCUT2D eigenvalue weighted by molar-refractivity contribution is 5.79. The first-order chi connectivity index (χ1) is 13.6. The van der Waals surface area contributed by atoms with Gasteiger partial charge in [0, 0.05) is 24.8 Å². The second-order valence-electron chi connectivity index (χ2n) is 7.70. The highest BCUT2D eigenvalue weighted by Crippen LogP contribution is 2.39. The molecule has 2 aromatic carbocycles. The monoisotopic (exact) mass is 377 g/mol. The SMILES string of the molecule is CCC1(c2cccc(OC(C)c3ccc4[nH]c(=O)ccc4c3)c2)CCOCC1. The number of fused-ring (bicyclic) bond motifs is 1. The van der Waals surface area contributed by atoms with Crippen LogP contribution in [0.25, 0.3) is 10.9 Å². The molecule has 28 heavy (non-hydrogen) atoms. The molecule has 4 nitrogen and oxygen atoms in total. The molecule has 1 N–H and O–H groups in total. The molecule has 2 heterocycles. The summed E-state index contributed by atoms with van der Waals surface area (Å²) < 4.78 is 11.9. The lowest BCUT2D eigenvalue weighted by molar-refractivity contribution is 0.0484. The lowest BCUT2D eigenvalue weighted by Gasteiger charge is -2.37. The maximum absolute atomic E-state index is 11.5. The summed E-state index contributed by atoms with van der Waals surface area (Å²) in [6, 6.07) is 18.0. The van der Waals surface area contributed by atoms with Gasteiger partial charge in [0.15, 0.2) is 0 Å². The fourth-order valence-corrected chi connectivity index (χ4v) is 4.21. The number of H-pyrrole nitrogens is 1. The number of aromatic nitrogens is 1. The van der Waals surface area contributed by atoms with Crippen LogP contribution in [0, 0.1) is 0 Å². The minimum absolute atomic E-state index is 0.0840. The first-order valence-electron chi connectivity index (χ1n) is 10.1. The molecule has 1 aromatic heterocycles. The van der Waals surface area contributed by atoms with E-state index in [2.05, 4.69) is 43.1 Å². The average Bonchev–Trinajstić information content (AvgIpc) is 2.74. The van der Waals surface area contributed by atoms with E-state index in [-0.39, 0.29) is 17.1 Å². The van der Waals surface area contributed by atoms with E-state index in [1.807, 2.05) is 24.3 Å². The van der Waals surface area contributed by atoms with E-state index in [0.29, 0.717) is 0 Å². The van der Waals surface area contributed by atoms with Crippen LogP contribution in [-0.4, -0.2) is 18.2 Å². The van der Waals surface area contributed by atoms with Crippen molar-refractivity contribution in [2.75, 3.05) is 13.2 Å². The predicted octanol–water partition coefficient (Wildman–Crippen LogP) is 5.13. The van der Waals surface area contributed by atoms with Crippen LogP contribution >= 0.6 is 0 Å². The molecule has 0 saturated carbocycles. The van der Waals surface area contributed by atoms with Crippen LogP contribution in [0.1, 0.15) is 50.3 Å². The van der Waals surface area contributed by atoms with E-state index < -0.39 is 0 Å². The van der Waals surface area contributed by atoms with Crippen LogP contribution < -0.4 is 10.3 Å². The van der Waals surface area contributed by atoms with E-state index >= 15 is 0 Å². The average molecular weight is 377 g/mol. The van der Waals surface area contributed by atoms with E-state index in [1.165, 1.54) is 5.56 Å². The van der Waals surface area contributed by atoms with Crippen molar-refractivity contribution >= 4 is 10.9 Å². The summed E-state index contributed by atoms with van der Waals surface area (Å²) in [6.45, 7) is 5.98. The zero-order chi connectivity index (χ0) is 19.6. The normalized spacial score (nSPS) is 17.4. The number of pyridine rings is 1. The van der Waals surface area contributed by atoms with E-state index in [1.54, 1.807) is 6.07 Å². The largest absolute Gasteiger partial charge is 0.486 e. The fourth-order valence-electron chi connectivity index (χ4n) is 4.21. The van der Waals surface area contributed by atoms with Crippen LogP contribution in [0.4, 0.5) is 0 Å². The van der Waals surface area contributed by atoms with Crippen LogP contribution in [0.2, 0.25) is 0 Å². The topological polar surface area (TPSA) is 51.3 Å². The molecular formula is C24H27NO3. The Hall–Kier alpha value is -2.59. The van der Waals surface area contributed by atoms with E-state index in [0.717, 1.165) is 54.7 Å². The van der Waals surface area contributed by atoms with Gasteiger partial charge in [-0.25, -0.2) is 0 Å². The number of benzene rings is 2. The Kier molecular flexibility index (Phi) is 5.23. The third kappa shape index (κ3) is 3.69. The molecule has 3 aromatic rings. The quantitative estimate of drug-likeness (QED) is 0.671. The summed E-state index contributed by atoms with van der Waals surface area (Å²) in [4.78, 5) is 14.3. The van der Waals surface area contributed by atoms with Crippen molar-refractivity contribution in [1.29, 1.82) is 0 Å². The standard InChI is InChI=1S/C24H27NO3/c1-3-24(11-13-27-14-12-24)20-5-4-6-21(16-20)28-17(2)18-7-9-22-19(15-18)8-10-23(26)25-22/h4-10,15-17H,3,11-14H2,1-2H3,(H,25,26). The van der Waals surface area contributed by atoms with Crippen LogP contribution in [-0.2, 0) is 10.2 Å². The number of hydrogen-bond donors (Lipinski definition) is 1. The summed E-state index contributed by atoms with van der Waals surface area (Å²) in [6.07, 6.45) is 3.15. The Labute approximate surface area is 165 Å². The lowest BCUT2D eigenvalue weighted by Crippen LogP contribution is -2.33. The number of ether oxygens (including phenoxy) is 2. The van der Waals surface area contributed by atoms with Gasteiger partial charge in [-0.2, -0.15) is 0 Å².